The number of benzene rings is 1. The Labute approximate surface area is 151 Å². The summed E-state index contributed by atoms with van der Waals surface area (Å²) in [6.45, 7) is 6.14. The van der Waals surface area contributed by atoms with Crippen molar-refractivity contribution in [2.75, 3.05) is 58.3 Å². The molecule has 0 bridgehead atoms. The second-order valence-electron chi connectivity index (χ2n) is 6.24. The molecule has 24 heavy (non-hydrogen) atoms. The highest BCUT2D eigenvalue weighted by molar-refractivity contribution is 9.10. The lowest BCUT2D eigenvalue weighted by atomic mass is 10.1. The number of piperazine rings is 1. The van der Waals surface area contributed by atoms with Gasteiger partial charge in [0.05, 0.1) is 5.69 Å². The summed E-state index contributed by atoms with van der Waals surface area (Å²) in [6.07, 6.45) is 0.950. The highest BCUT2D eigenvalue weighted by Crippen LogP contribution is 2.32. The Kier molecular flexibility index (Phi) is 5.53. The number of carbonyl (C=O) groups excluding carboxylic acids is 1. The molecule has 0 saturated carbocycles. The zero-order valence-corrected chi connectivity index (χ0v) is 15.8. The van der Waals surface area contributed by atoms with Gasteiger partial charge in [-0.3, -0.25) is 4.79 Å². The van der Waals surface area contributed by atoms with Gasteiger partial charge in [0, 0.05) is 42.8 Å². The van der Waals surface area contributed by atoms with Crippen LogP contribution in [0.4, 0.5) is 5.69 Å². The molecule has 2 aliphatic rings. The van der Waals surface area contributed by atoms with Gasteiger partial charge in [-0.15, -0.1) is 0 Å². The minimum Gasteiger partial charge on any atom is -0.398 e. The standard InChI is InChI=1S/C17H23BrN4O2/c1-20-8-10-21(11-9-20)6-3-7-22-15-5-4-13(18)12-14(15)16(17(22)23)19-24-2/h4-5,12H,3,6-11H2,1-2H3/b19-16-. The Bertz CT molecular complexity index is 641. The molecule has 2 heterocycles. The number of hydrogen-bond acceptors (Lipinski definition) is 5. The maximum Gasteiger partial charge on any atom is 0.281 e. The number of carbonyl (C=O) groups is 1. The molecule has 0 spiro atoms. The van der Waals surface area contributed by atoms with Crippen LogP contribution < -0.4 is 4.90 Å². The van der Waals surface area contributed by atoms with E-state index in [0.717, 1.165) is 54.9 Å². The van der Waals surface area contributed by atoms with E-state index in [1.165, 1.54) is 7.11 Å². The molecular formula is C17H23BrN4O2. The molecule has 130 valence electrons. The fraction of sp³-hybridized carbons (Fsp3) is 0.529. The SMILES string of the molecule is CO/N=C1\C(=O)N(CCCN2CCN(C)CC2)c2ccc(Br)cc21. The number of halogens is 1. The number of anilines is 1. The van der Waals surface area contributed by atoms with E-state index in [2.05, 4.69) is 37.9 Å². The molecule has 2 aliphatic heterocycles. The Morgan fingerprint density at radius 2 is 1.96 bits per heavy atom. The van der Waals surface area contributed by atoms with Crippen molar-refractivity contribution in [1.29, 1.82) is 0 Å². The molecule has 3 rings (SSSR count). The predicted octanol–water partition coefficient (Wildman–Crippen LogP) is 1.78. The zero-order chi connectivity index (χ0) is 17.1. The first-order chi connectivity index (χ1) is 11.6. The highest BCUT2D eigenvalue weighted by atomic mass is 79.9. The first-order valence-electron chi connectivity index (χ1n) is 8.24. The van der Waals surface area contributed by atoms with Gasteiger partial charge < -0.3 is 19.5 Å². The van der Waals surface area contributed by atoms with Crippen LogP contribution in [0.3, 0.4) is 0 Å². The van der Waals surface area contributed by atoms with Crippen molar-refractivity contribution in [1.82, 2.24) is 9.80 Å². The summed E-state index contributed by atoms with van der Waals surface area (Å²) < 4.78 is 0.928. The van der Waals surface area contributed by atoms with Gasteiger partial charge in [-0.05, 0) is 38.2 Å². The van der Waals surface area contributed by atoms with E-state index in [9.17, 15) is 4.79 Å². The van der Waals surface area contributed by atoms with Crippen molar-refractivity contribution >= 4 is 33.2 Å². The average molecular weight is 395 g/mol. The lowest BCUT2D eigenvalue weighted by Gasteiger charge is -2.32. The van der Waals surface area contributed by atoms with E-state index >= 15 is 0 Å². The molecule has 6 nitrogen and oxygen atoms in total. The van der Waals surface area contributed by atoms with Gasteiger partial charge in [-0.2, -0.15) is 0 Å². The lowest BCUT2D eigenvalue weighted by molar-refractivity contribution is -0.112. The monoisotopic (exact) mass is 394 g/mol. The molecule has 1 fully saturated rings. The van der Waals surface area contributed by atoms with Gasteiger partial charge in [0.25, 0.3) is 5.91 Å². The van der Waals surface area contributed by atoms with E-state index in [1.54, 1.807) is 0 Å². The van der Waals surface area contributed by atoms with Crippen molar-refractivity contribution in [3.8, 4) is 0 Å². The van der Waals surface area contributed by atoms with Gasteiger partial charge in [0.2, 0.25) is 0 Å². The van der Waals surface area contributed by atoms with Crippen LogP contribution in [0.25, 0.3) is 0 Å². The third-order valence-corrected chi connectivity index (χ3v) is 5.08. The Morgan fingerprint density at radius 3 is 2.67 bits per heavy atom. The fourth-order valence-corrected chi connectivity index (χ4v) is 3.57. The fourth-order valence-electron chi connectivity index (χ4n) is 3.21. The van der Waals surface area contributed by atoms with E-state index in [4.69, 9.17) is 4.84 Å². The third kappa shape index (κ3) is 3.63. The average Bonchev–Trinajstić information content (AvgIpc) is 2.82. The van der Waals surface area contributed by atoms with E-state index in [-0.39, 0.29) is 5.91 Å². The van der Waals surface area contributed by atoms with Crippen molar-refractivity contribution in [3.63, 3.8) is 0 Å². The van der Waals surface area contributed by atoms with Crippen LogP contribution in [-0.2, 0) is 9.63 Å². The Balaban J connectivity index is 1.66. The molecule has 0 N–H and O–H groups in total. The minimum absolute atomic E-state index is 0.0803. The van der Waals surface area contributed by atoms with Crippen LogP contribution in [0.5, 0.6) is 0 Å². The molecule has 0 aromatic heterocycles. The molecule has 0 radical (unpaired) electrons. The normalized spacial score (nSPS) is 20.7. The van der Waals surface area contributed by atoms with Crippen LogP contribution >= 0.6 is 15.9 Å². The van der Waals surface area contributed by atoms with Crippen LogP contribution in [0.15, 0.2) is 27.8 Å². The van der Waals surface area contributed by atoms with Crippen molar-refractivity contribution in [2.45, 2.75) is 6.42 Å². The van der Waals surface area contributed by atoms with Crippen molar-refractivity contribution in [2.24, 2.45) is 5.16 Å². The van der Waals surface area contributed by atoms with Crippen LogP contribution in [-0.4, -0.2) is 74.8 Å². The maximum absolute atomic E-state index is 12.7. The van der Waals surface area contributed by atoms with E-state index < -0.39 is 0 Å². The summed E-state index contributed by atoms with van der Waals surface area (Å²) in [4.78, 5) is 24.2. The summed E-state index contributed by atoms with van der Waals surface area (Å²) in [7, 11) is 3.62. The molecule has 0 aliphatic carbocycles. The first-order valence-corrected chi connectivity index (χ1v) is 9.03. The smallest absolute Gasteiger partial charge is 0.281 e. The van der Waals surface area contributed by atoms with Crippen LogP contribution in [0, 0.1) is 0 Å². The molecule has 1 saturated heterocycles. The first kappa shape index (κ1) is 17.4. The Hall–Kier alpha value is -1.44. The number of hydrogen-bond donors (Lipinski definition) is 0. The number of likely N-dealkylation sites (N-methyl/N-ethyl adjacent to an activating group) is 1. The molecular weight excluding hydrogens is 372 g/mol. The van der Waals surface area contributed by atoms with Gasteiger partial charge in [-0.1, -0.05) is 21.1 Å². The molecule has 0 unspecified atom stereocenters. The summed E-state index contributed by atoms with van der Waals surface area (Å²) >= 11 is 3.46. The largest absolute Gasteiger partial charge is 0.398 e. The molecule has 0 atom stereocenters. The second-order valence-corrected chi connectivity index (χ2v) is 7.15. The number of oxime groups is 1. The number of amides is 1. The summed E-state index contributed by atoms with van der Waals surface area (Å²) in [5, 5.41) is 3.93. The molecule has 1 aromatic carbocycles. The topological polar surface area (TPSA) is 48.4 Å². The van der Waals surface area contributed by atoms with Crippen molar-refractivity contribution < 1.29 is 9.63 Å². The zero-order valence-electron chi connectivity index (χ0n) is 14.2. The molecule has 1 aromatic rings. The summed E-state index contributed by atoms with van der Waals surface area (Å²) in [5.41, 5.74) is 2.13. The predicted molar refractivity (Wildman–Crippen MR) is 98.6 cm³/mol. The van der Waals surface area contributed by atoms with Crippen molar-refractivity contribution in [3.05, 3.63) is 28.2 Å². The minimum atomic E-state index is -0.0803. The summed E-state index contributed by atoms with van der Waals surface area (Å²) in [6, 6.07) is 5.84. The van der Waals surface area contributed by atoms with Gasteiger partial charge in [0.1, 0.15) is 7.11 Å². The van der Waals surface area contributed by atoms with Gasteiger partial charge in [-0.25, -0.2) is 0 Å². The molecule has 7 heteroatoms. The number of fused-ring (bicyclic) bond motifs is 1. The highest BCUT2D eigenvalue weighted by Gasteiger charge is 2.34. The number of nitrogens with zero attached hydrogens (tertiary/aromatic N) is 4. The van der Waals surface area contributed by atoms with Gasteiger partial charge in [0.15, 0.2) is 5.71 Å². The van der Waals surface area contributed by atoms with Crippen LogP contribution in [0.2, 0.25) is 0 Å². The second kappa shape index (κ2) is 7.63. The van der Waals surface area contributed by atoms with Gasteiger partial charge >= 0.3 is 0 Å². The molecule has 1 amide bonds. The van der Waals surface area contributed by atoms with E-state index in [1.807, 2.05) is 23.1 Å². The summed E-state index contributed by atoms with van der Waals surface area (Å²) in [5.74, 6) is -0.0803. The maximum atomic E-state index is 12.7. The van der Waals surface area contributed by atoms with Crippen LogP contribution in [0.1, 0.15) is 12.0 Å². The van der Waals surface area contributed by atoms with E-state index in [0.29, 0.717) is 12.3 Å². The Morgan fingerprint density at radius 1 is 1.21 bits per heavy atom. The number of rotatable bonds is 5. The lowest BCUT2D eigenvalue weighted by Crippen LogP contribution is -2.45. The third-order valence-electron chi connectivity index (χ3n) is 4.59. The quantitative estimate of drug-likeness (QED) is 0.714.